The second-order valence-electron chi connectivity index (χ2n) is 7.82. The maximum atomic E-state index is 13.5. The molecule has 1 aromatic heterocycles. The summed E-state index contributed by atoms with van der Waals surface area (Å²) >= 11 is 0. The van der Waals surface area contributed by atoms with E-state index in [4.69, 9.17) is 0 Å². The van der Waals surface area contributed by atoms with E-state index >= 15 is 0 Å². The molecule has 0 aliphatic carbocycles. The van der Waals surface area contributed by atoms with Gasteiger partial charge in [-0.3, -0.25) is 9.48 Å². The summed E-state index contributed by atoms with van der Waals surface area (Å²) in [4.78, 5) is 16.4. The van der Waals surface area contributed by atoms with E-state index in [1.807, 2.05) is 24.3 Å². The Balaban J connectivity index is 1.74. The lowest BCUT2D eigenvalue weighted by molar-refractivity contribution is -0.145. The predicted octanol–water partition coefficient (Wildman–Crippen LogP) is 4.75. The zero-order chi connectivity index (χ0) is 21.2. The van der Waals surface area contributed by atoms with E-state index in [9.17, 15) is 18.0 Å². The Morgan fingerprint density at radius 2 is 1.76 bits per heavy atom. The Kier molecular flexibility index (Phi) is 6.19. The van der Waals surface area contributed by atoms with E-state index in [0.717, 1.165) is 35.2 Å². The molecule has 1 saturated heterocycles. The predicted molar refractivity (Wildman–Crippen MR) is 106 cm³/mol. The van der Waals surface area contributed by atoms with Gasteiger partial charge in [0, 0.05) is 38.4 Å². The molecule has 1 amide bonds. The minimum atomic E-state index is -4.65. The summed E-state index contributed by atoms with van der Waals surface area (Å²) in [5, 5.41) is 3.80. The molecule has 0 unspecified atom stereocenters. The fourth-order valence-electron chi connectivity index (χ4n) is 3.71. The monoisotopic (exact) mass is 408 g/mol. The maximum absolute atomic E-state index is 13.5. The molecule has 1 fully saturated rings. The average molecular weight is 408 g/mol. The Bertz CT molecular complexity index is 837. The smallest absolute Gasteiger partial charge is 0.372 e. The zero-order valence-electron chi connectivity index (χ0n) is 17.0. The molecule has 5 nitrogen and oxygen atoms in total. The van der Waals surface area contributed by atoms with Gasteiger partial charge in [0.1, 0.15) is 0 Å². The van der Waals surface area contributed by atoms with Crippen LogP contribution >= 0.6 is 0 Å². The van der Waals surface area contributed by atoms with E-state index < -0.39 is 29.4 Å². The van der Waals surface area contributed by atoms with Gasteiger partial charge < -0.3 is 9.80 Å². The third-order valence-corrected chi connectivity index (χ3v) is 5.21. The summed E-state index contributed by atoms with van der Waals surface area (Å²) in [7, 11) is 1.51. The van der Waals surface area contributed by atoms with Gasteiger partial charge in [-0.15, -0.1) is 0 Å². The highest BCUT2D eigenvalue weighted by molar-refractivity contribution is 5.95. The van der Waals surface area contributed by atoms with Crippen LogP contribution < -0.4 is 4.90 Å². The number of hydrogen-bond donors (Lipinski definition) is 0. The second kappa shape index (κ2) is 8.47. The summed E-state index contributed by atoms with van der Waals surface area (Å²) in [6.07, 6.45) is -0.00617. The van der Waals surface area contributed by atoms with E-state index in [1.165, 1.54) is 31.2 Å². The van der Waals surface area contributed by atoms with E-state index in [-0.39, 0.29) is 6.54 Å². The third-order valence-electron chi connectivity index (χ3n) is 5.21. The first-order chi connectivity index (χ1) is 13.7. The summed E-state index contributed by atoms with van der Waals surface area (Å²) in [6, 6.07) is 7.38. The van der Waals surface area contributed by atoms with Crippen molar-refractivity contribution in [2.24, 2.45) is 0 Å². The minimum Gasteiger partial charge on any atom is -0.372 e. The minimum absolute atomic E-state index is 0.225. The van der Waals surface area contributed by atoms with Crippen molar-refractivity contribution < 1.29 is 18.0 Å². The lowest BCUT2D eigenvalue weighted by Gasteiger charge is -2.29. The number of anilines is 1. The van der Waals surface area contributed by atoms with Crippen molar-refractivity contribution in [3.8, 4) is 0 Å². The molecule has 3 rings (SSSR count). The highest BCUT2D eigenvalue weighted by Gasteiger charge is 2.41. The van der Waals surface area contributed by atoms with Crippen molar-refractivity contribution in [2.75, 3.05) is 25.0 Å². The number of aromatic nitrogens is 2. The Labute approximate surface area is 169 Å². The average Bonchev–Trinajstić information content (AvgIpc) is 3.14. The van der Waals surface area contributed by atoms with Gasteiger partial charge in [-0.2, -0.15) is 18.3 Å². The van der Waals surface area contributed by atoms with E-state index in [1.54, 1.807) is 13.8 Å². The number of alkyl halides is 3. The first-order valence-corrected chi connectivity index (χ1v) is 9.92. The van der Waals surface area contributed by atoms with Crippen LogP contribution in [-0.4, -0.2) is 40.7 Å². The second-order valence-corrected chi connectivity index (χ2v) is 7.82. The molecule has 0 atom stereocenters. The Morgan fingerprint density at radius 3 is 2.31 bits per heavy atom. The topological polar surface area (TPSA) is 41.4 Å². The van der Waals surface area contributed by atoms with Crippen LogP contribution in [-0.2, 0) is 12.7 Å². The van der Waals surface area contributed by atoms with Crippen molar-refractivity contribution in [1.82, 2.24) is 14.7 Å². The van der Waals surface area contributed by atoms with Gasteiger partial charge in [0.05, 0.1) is 11.8 Å². The largest absolute Gasteiger partial charge is 0.433 e. The first-order valence-electron chi connectivity index (χ1n) is 9.92. The maximum Gasteiger partial charge on any atom is 0.433 e. The summed E-state index contributed by atoms with van der Waals surface area (Å²) in [6.45, 7) is 5.51. The van der Waals surface area contributed by atoms with Crippen LogP contribution in [0.3, 0.4) is 0 Å². The number of nitrogens with zero attached hydrogens (tertiary/aromatic N) is 4. The Morgan fingerprint density at radius 1 is 1.14 bits per heavy atom. The van der Waals surface area contributed by atoms with Crippen LogP contribution in [0.5, 0.6) is 0 Å². The molecular formula is C21H27F3N4O. The Hall–Kier alpha value is -2.51. The molecule has 0 radical (unpaired) electrons. The number of carbonyl (C=O) groups excluding carboxylic acids is 1. The van der Waals surface area contributed by atoms with Crippen LogP contribution in [0, 0.1) is 0 Å². The van der Waals surface area contributed by atoms with Crippen molar-refractivity contribution >= 4 is 11.6 Å². The van der Waals surface area contributed by atoms with Crippen LogP contribution in [0.4, 0.5) is 18.9 Å². The molecule has 29 heavy (non-hydrogen) atoms. The number of benzene rings is 1. The molecule has 158 valence electrons. The molecule has 1 aliphatic rings. The standard InChI is InChI=1S/C21H27F3N4O/c1-15(2)28-19(21(22,23)24)18(13-25-28)20(29)26(3)14-16-7-9-17(10-8-16)27-11-5-4-6-12-27/h7-10,13,15H,4-6,11-12,14H2,1-3H3. The molecule has 2 heterocycles. The molecule has 0 N–H and O–H groups in total. The third kappa shape index (κ3) is 4.74. The van der Waals surface area contributed by atoms with Crippen molar-refractivity contribution in [3.05, 3.63) is 47.3 Å². The van der Waals surface area contributed by atoms with Crippen LogP contribution in [0.2, 0.25) is 0 Å². The normalized spacial score (nSPS) is 15.1. The van der Waals surface area contributed by atoms with Gasteiger partial charge in [0.25, 0.3) is 5.91 Å². The van der Waals surface area contributed by atoms with Gasteiger partial charge in [-0.25, -0.2) is 0 Å². The lowest BCUT2D eigenvalue weighted by Crippen LogP contribution is -2.30. The molecule has 1 aromatic carbocycles. The number of carbonyl (C=O) groups is 1. The lowest BCUT2D eigenvalue weighted by atomic mass is 10.1. The fourth-order valence-corrected chi connectivity index (χ4v) is 3.71. The summed E-state index contributed by atoms with van der Waals surface area (Å²) in [5.74, 6) is -0.690. The molecule has 0 bridgehead atoms. The molecule has 8 heteroatoms. The number of halogens is 3. The van der Waals surface area contributed by atoms with Crippen LogP contribution in [0.25, 0.3) is 0 Å². The number of piperidine rings is 1. The van der Waals surface area contributed by atoms with Crippen molar-refractivity contribution in [2.45, 2.75) is 51.9 Å². The van der Waals surface area contributed by atoms with E-state index in [0.29, 0.717) is 0 Å². The molecule has 2 aromatic rings. The van der Waals surface area contributed by atoms with Gasteiger partial charge >= 0.3 is 6.18 Å². The zero-order valence-corrected chi connectivity index (χ0v) is 17.0. The number of rotatable bonds is 5. The van der Waals surface area contributed by atoms with Crippen LogP contribution in [0.1, 0.15) is 60.8 Å². The molecule has 1 aliphatic heterocycles. The van der Waals surface area contributed by atoms with Crippen molar-refractivity contribution in [1.29, 1.82) is 0 Å². The summed E-state index contributed by atoms with van der Waals surface area (Å²) in [5.41, 5.74) is 0.592. The van der Waals surface area contributed by atoms with Gasteiger partial charge in [-0.1, -0.05) is 12.1 Å². The van der Waals surface area contributed by atoms with Crippen LogP contribution in [0.15, 0.2) is 30.5 Å². The molecule has 0 saturated carbocycles. The van der Waals surface area contributed by atoms with Crippen molar-refractivity contribution in [3.63, 3.8) is 0 Å². The SMILES string of the molecule is CC(C)n1ncc(C(=O)N(C)Cc2ccc(N3CCCCC3)cc2)c1C(F)(F)F. The fraction of sp³-hybridized carbons (Fsp3) is 0.524. The van der Waals surface area contributed by atoms with Gasteiger partial charge in [0.2, 0.25) is 0 Å². The number of hydrogen-bond acceptors (Lipinski definition) is 3. The molecule has 0 spiro atoms. The quantitative estimate of drug-likeness (QED) is 0.717. The highest BCUT2D eigenvalue weighted by atomic mass is 19.4. The van der Waals surface area contributed by atoms with Gasteiger partial charge in [0.15, 0.2) is 5.69 Å². The number of amides is 1. The van der Waals surface area contributed by atoms with Gasteiger partial charge in [-0.05, 0) is 50.8 Å². The first kappa shape index (κ1) is 21.2. The highest BCUT2D eigenvalue weighted by Crippen LogP contribution is 2.34. The summed E-state index contributed by atoms with van der Waals surface area (Å²) < 4.78 is 41.5. The molecular weight excluding hydrogens is 381 g/mol. The van der Waals surface area contributed by atoms with E-state index in [2.05, 4.69) is 10.00 Å².